The summed E-state index contributed by atoms with van der Waals surface area (Å²) in [6.07, 6.45) is 4.90. The molecule has 0 aromatic heterocycles. The van der Waals surface area contributed by atoms with Gasteiger partial charge in [-0.15, -0.1) is 0 Å². The van der Waals surface area contributed by atoms with Gasteiger partial charge in [-0.3, -0.25) is 0 Å². The Morgan fingerprint density at radius 1 is 1.19 bits per heavy atom. The van der Waals surface area contributed by atoms with Crippen molar-refractivity contribution in [2.75, 3.05) is 57.9 Å². The fourth-order valence-corrected chi connectivity index (χ4v) is 7.79. The maximum atomic E-state index is 13.0. The second-order valence-corrected chi connectivity index (χ2v) is 14.2. The minimum absolute atomic E-state index is 0.0228. The quantitative estimate of drug-likeness (QED) is 0.351. The van der Waals surface area contributed by atoms with Crippen LogP contribution in [0.15, 0.2) is 11.6 Å². The lowest BCUT2D eigenvalue weighted by molar-refractivity contribution is -0.124. The summed E-state index contributed by atoms with van der Waals surface area (Å²) in [4.78, 5) is 17.0. The summed E-state index contributed by atoms with van der Waals surface area (Å²) >= 11 is 0. The molecule has 4 saturated heterocycles. The van der Waals surface area contributed by atoms with Crippen molar-refractivity contribution >= 4 is 15.9 Å². The van der Waals surface area contributed by atoms with Crippen LogP contribution in [-0.4, -0.2) is 112 Å². The number of hydrogen-bond donors (Lipinski definition) is 0. The van der Waals surface area contributed by atoms with Crippen molar-refractivity contribution < 1.29 is 32.2 Å². The maximum absolute atomic E-state index is 13.0. The van der Waals surface area contributed by atoms with E-state index in [9.17, 15) is 13.2 Å². The molecule has 1 unspecified atom stereocenters. The number of ether oxygens (including phenoxy) is 4. The van der Waals surface area contributed by atoms with E-state index < -0.39 is 9.84 Å². The van der Waals surface area contributed by atoms with Crippen LogP contribution < -0.4 is 0 Å². The average Bonchev–Trinajstić information content (AvgIpc) is 3.70. The number of amides is 1. The number of rotatable bonds is 8. The van der Waals surface area contributed by atoms with Crippen LogP contribution >= 0.6 is 0 Å². The summed E-state index contributed by atoms with van der Waals surface area (Å²) in [5, 5.41) is 0. The number of methoxy groups -OCH3 is 1. The molecule has 0 aromatic rings. The first-order valence-electron chi connectivity index (χ1n) is 13.4. The molecule has 10 heteroatoms. The number of sulfone groups is 1. The Morgan fingerprint density at radius 3 is 2.50 bits per heavy atom. The van der Waals surface area contributed by atoms with Gasteiger partial charge in [0.1, 0.15) is 23.4 Å². The lowest BCUT2D eigenvalue weighted by atomic mass is 9.68. The van der Waals surface area contributed by atoms with Crippen LogP contribution in [0.25, 0.3) is 0 Å². The van der Waals surface area contributed by atoms with Crippen molar-refractivity contribution in [1.29, 1.82) is 0 Å². The summed E-state index contributed by atoms with van der Waals surface area (Å²) < 4.78 is 47.5. The van der Waals surface area contributed by atoms with Crippen molar-refractivity contribution in [2.24, 2.45) is 11.8 Å². The molecule has 5 aliphatic rings. The topological polar surface area (TPSA) is 101 Å². The van der Waals surface area contributed by atoms with Crippen LogP contribution in [0.5, 0.6) is 0 Å². The molecule has 4 aliphatic heterocycles. The number of likely N-dealkylation sites (tertiary alicyclic amines) is 1. The van der Waals surface area contributed by atoms with Gasteiger partial charge in [-0.05, 0) is 58.9 Å². The number of epoxide rings is 2. The number of carbonyl (C=O) groups excluding carboxylic acids is 1. The van der Waals surface area contributed by atoms with E-state index in [1.807, 2.05) is 0 Å². The molecule has 0 radical (unpaired) electrons. The molecule has 1 aliphatic carbocycles. The highest BCUT2D eigenvalue weighted by Crippen LogP contribution is 2.59. The van der Waals surface area contributed by atoms with E-state index >= 15 is 0 Å². The predicted molar refractivity (Wildman–Crippen MR) is 135 cm³/mol. The molecule has 204 valence electrons. The smallest absolute Gasteiger partial charge is 0.410 e. The van der Waals surface area contributed by atoms with E-state index in [2.05, 4.69) is 31.7 Å². The summed E-state index contributed by atoms with van der Waals surface area (Å²) in [5.74, 6) is 0.969. The number of hydrogen-bond acceptors (Lipinski definition) is 8. The molecule has 5 fully saturated rings. The fraction of sp³-hybridized carbons (Fsp3) is 0.885. The van der Waals surface area contributed by atoms with Gasteiger partial charge in [0.25, 0.3) is 0 Å². The van der Waals surface area contributed by atoms with E-state index in [-0.39, 0.29) is 53.0 Å². The third kappa shape index (κ3) is 5.34. The number of allylic oxidation sites excluding steroid dienone is 1. The normalized spacial score (nSPS) is 39.9. The van der Waals surface area contributed by atoms with Gasteiger partial charge in [0.2, 0.25) is 0 Å². The van der Waals surface area contributed by atoms with Crippen molar-refractivity contribution in [3.05, 3.63) is 11.6 Å². The highest BCUT2D eigenvalue weighted by molar-refractivity contribution is 7.91. The number of nitrogens with zero attached hydrogens (tertiary/aromatic N) is 2. The molecule has 4 heterocycles. The molecule has 5 rings (SSSR count). The molecule has 6 atom stereocenters. The van der Waals surface area contributed by atoms with Crippen LogP contribution in [-0.2, 0) is 28.8 Å². The van der Waals surface area contributed by atoms with E-state index in [1.54, 1.807) is 12.0 Å². The van der Waals surface area contributed by atoms with Crippen LogP contribution in [0.3, 0.4) is 0 Å². The predicted octanol–water partition coefficient (Wildman–Crippen LogP) is 2.25. The second-order valence-electron chi connectivity index (χ2n) is 11.9. The van der Waals surface area contributed by atoms with Gasteiger partial charge < -0.3 is 28.7 Å². The largest absolute Gasteiger partial charge is 0.443 e. The van der Waals surface area contributed by atoms with Crippen LogP contribution in [0.4, 0.5) is 4.79 Å². The van der Waals surface area contributed by atoms with Crippen molar-refractivity contribution in [3.8, 4) is 0 Å². The minimum atomic E-state index is -2.85. The molecule has 1 saturated carbocycles. The van der Waals surface area contributed by atoms with Gasteiger partial charge in [-0.2, -0.15) is 0 Å². The van der Waals surface area contributed by atoms with Crippen molar-refractivity contribution in [3.63, 3.8) is 0 Å². The highest BCUT2D eigenvalue weighted by atomic mass is 32.2. The molecule has 0 N–H and O–H groups in total. The monoisotopic (exact) mass is 526 g/mol. The first-order valence-corrected chi connectivity index (χ1v) is 15.2. The molecular formula is C26H42N2O7S. The molecule has 0 aromatic carbocycles. The van der Waals surface area contributed by atoms with Crippen molar-refractivity contribution in [1.82, 2.24) is 9.80 Å². The molecule has 1 spiro atoms. The maximum Gasteiger partial charge on any atom is 0.410 e. The Bertz CT molecular complexity index is 957. The zero-order chi connectivity index (χ0) is 25.7. The van der Waals surface area contributed by atoms with E-state index in [4.69, 9.17) is 18.9 Å². The fourth-order valence-electron chi connectivity index (χ4n) is 6.51. The van der Waals surface area contributed by atoms with Crippen LogP contribution in [0.2, 0.25) is 0 Å². The Balaban J connectivity index is 1.12. The Hall–Kier alpha value is -1.20. The van der Waals surface area contributed by atoms with E-state index in [0.29, 0.717) is 38.7 Å². The lowest BCUT2D eigenvalue weighted by Crippen LogP contribution is -2.57. The number of carbonyl (C=O) groups is 1. The first-order chi connectivity index (χ1) is 17.1. The average molecular weight is 527 g/mol. The van der Waals surface area contributed by atoms with E-state index in [1.165, 1.54) is 5.57 Å². The summed E-state index contributed by atoms with van der Waals surface area (Å²) in [6, 6.07) is 0. The standard InChI is InChI=1S/C26H42N2O7S/c1-18(2)5-6-21-25(3,35-21)23-22(32-4)20(7-9-26(23)17-33-26)34-24(29)28-15-19(16-28)8-10-27-11-13-36(30,31)14-12-27/h5,19-23H,6-17H2,1-4H3/t20-,21-,22-,23?,25+,26+/m1/s1. The molecular weight excluding hydrogens is 484 g/mol. The van der Waals surface area contributed by atoms with Gasteiger partial charge in [0.15, 0.2) is 9.84 Å². The lowest BCUT2D eigenvalue weighted by Gasteiger charge is -2.44. The van der Waals surface area contributed by atoms with Gasteiger partial charge >= 0.3 is 6.09 Å². The summed E-state index contributed by atoms with van der Waals surface area (Å²) in [6.45, 7) is 10.6. The zero-order valence-corrected chi connectivity index (χ0v) is 22.9. The third-order valence-corrected chi connectivity index (χ3v) is 10.6. The Labute approximate surface area is 215 Å². The SMILES string of the molecule is CO[C@H]1C([C@@]2(C)O[C@@H]2CC=C(C)C)[C@]2(CC[C@H]1OC(=O)N1CC(CCN3CCS(=O)(=O)CC3)C1)CO2. The Morgan fingerprint density at radius 2 is 1.89 bits per heavy atom. The second kappa shape index (κ2) is 9.84. The Kier molecular flexibility index (Phi) is 7.22. The highest BCUT2D eigenvalue weighted by Gasteiger charge is 2.72. The first kappa shape index (κ1) is 26.4. The summed E-state index contributed by atoms with van der Waals surface area (Å²) in [5.41, 5.74) is 0.707. The molecule has 0 bridgehead atoms. The van der Waals surface area contributed by atoms with Gasteiger partial charge in [-0.1, -0.05) is 11.6 Å². The summed E-state index contributed by atoms with van der Waals surface area (Å²) in [7, 11) is -1.15. The minimum Gasteiger partial charge on any atom is -0.443 e. The molecule has 36 heavy (non-hydrogen) atoms. The van der Waals surface area contributed by atoms with Crippen LogP contribution in [0, 0.1) is 11.8 Å². The van der Waals surface area contributed by atoms with Crippen LogP contribution in [0.1, 0.15) is 46.5 Å². The zero-order valence-electron chi connectivity index (χ0n) is 22.1. The third-order valence-electron chi connectivity index (χ3n) is 9.00. The molecule has 1 amide bonds. The van der Waals surface area contributed by atoms with E-state index in [0.717, 1.165) is 32.2 Å². The molecule has 9 nitrogen and oxygen atoms in total. The van der Waals surface area contributed by atoms with Gasteiger partial charge in [0.05, 0.1) is 30.1 Å². The van der Waals surface area contributed by atoms with Crippen molar-refractivity contribution in [2.45, 2.75) is 76.0 Å². The van der Waals surface area contributed by atoms with Gasteiger partial charge in [-0.25, -0.2) is 13.2 Å². The van der Waals surface area contributed by atoms with Gasteiger partial charge in [0, 0.05) is 33.3 Å².